The first kappa shape index (κ1) is 13.8. The first-order chi connectivity index (χ1) is 9.08. The van der Waals surface area contributed by atoms with E-state index in [4.69, 9.17) is 18.0 Å². The van der Waals surface area contributed by atoms with Crippen molar-refractivity contribution in [2.45, 2.75) is 25.8 Å². The largest absolute Gasteiger partial charge is 0.389 e. The fraction of sp³-hybridized carbons (Fsp3) is 0.429. The predicted octanol–water partition coefficient (Wildman–Crippen LogP) is 1.43. The third-order valence-electron chi connectivity index (χ3n) is 3.41. The van der Waals surface area contributed by atoms with Crippen LogP contribution >= 0.6 is 12.2 Å². The van der Waals surface area contributed by atoms with Gasteiger partial charge in [-0.1, -0.05) is 24.4 Å². The minimum absolute atomic E-state index is 0.0435. The van der Waals surface area contributed by atoms with E-state index in [9.17, 15) is 4.79 Å². The van der Waals surface area contributed by atoms with E-state index in [1.54, 1.807) is 6.92 Å². The molecule has 0 aliphatic carbocycles. The van der Waals surface area contributed by atoms with Crippen molar-refractivity contribution in [3.8, 4) is 0 Å². The van der Waals surface area contributed by atoms with E-state index in [2.05, 4.69) is 10.2 Å². The number of nitrogens with one attached hydrogen (secondary N) is 1. The topological polar surface area (TPSA) is 58.4 Å². The Labute approximate surface area is 119 Å². The van der Waals surface area contributed by atoms with Crippen LogP contribution in [0.3, 0.4) is 0 Å². The molecular formula is C14H19N3OS. The van der Waals surface area contributed by atoms with E-state index in [0.29, 0.717) is 4.99 Å². The Morgan fingerprint density at radius 3 is 2.58 bits per heavy atom. The van der Waals surface area contributed by atoms with Gasteiger partial charge in [-0.2, -0.15) is 0 Å². The number of carbonyl (C=O) groups is 1. The Hall–Kier alpha value is -1.62. The highest BCUT2D eigenvalue weighted by atomic mass is 32.1. The SMILES string of the molecule is CC(=O)NC1CCN(c2ccccc2C(N)=S)CC1. The van der Waals surface area contributed by atoms with Crippen molar-refractivity contribution in [1.82, 2.24) is 5.32 Å². The quantitative estimate of drug-likeness (QED) is 0.821. The first-order valence-corrected chi connectivity index (χ1v) is 6.89. The van der Waals surface area contributed by atoms with Gasteiger partial charge >= 0.3 is 0 Å². The van der Waals surface area contributed by atoms with Crippen LogP contribution in [0.2, 0.25) is 0 Å². The van der Waals surface area contributed by atoms with Crippen molar-refractivity contribution in [3.63, 3.8) is 0 Å². The molecule has 0 spiro atoms. The zero-order chi connectivity index (χ0) is 13.8. The highest BCUT2D eigenvalue weighted by molar-refractivity contribution is 7.80. The van der Waals surface area contributed by atoms with Crippen LogP contribution in [0.1, 0.15) is 25.3 Å². The van der Waals surface area contributed by atoms with Gasteiger partial charge in [-0.05, 0) is 25.0 Å². The van der Waals surface area contributed by atoms with Gasteiger partial charge in [0.05, 0.1) is 0 Å². The molecule has 19 heavy (non-hydrogen) atoms. The zero-order valence-corrected chi connectivity index (χ0v) is 11.9. The normalized spacial score (nSPS) is 16.2. The monoisotopic (exact) mass is 277 g/mol. The van der Waals surface area contributed by atoms with Gasteiger partial charge in [-0.3, -0.25) is 4.79 Å². The van der Waals surface area contributed by atoms with Crippen LogP contribution in [0.25, 0.3) is 0 Å². The molecule has 0 radical (unpaired) electrons. The molecule has 0 bridgehead atoms. The number of thiocarbonyl (C=S) groups is 1. The molecule has 1 aliphatic heterocycles. The summed E-state index contributed by atoms with van der Waals surface area (Å²) < 4.78 is 0. The third-order valence-corrected chi connectivity index (χ3v) is 3.63. The van der Waals surface area contributed by atoms with E-state index >= 15 is 0 Å². The summed E-state index contributed by atoms with van der Waals surface area (Å²) in [6, 6.07) is 8.23. The number of anilines is 1. The summed E-state index contributed by atoms with van der Waals surface area (Å²) in [5.41, 5.74) is 7.78. The maximum absolute atomic E-state index is 11.0. The molecule has 4 nitrogen and oxygen atoms in total. The number of nitrogens with two attached hydrogens (primary N) is 1. The third kappa shape index (κ3) is 3.44. The van der Waals surface area contributed by atoms with Crippen molar-refractivity contribution in [2.24, 2.45) is 5.73 Å². The number of para-hydroxylation sites is 1. The molecule has 1 aliphatic rings. The molecule has 1 amide bonds. The van der Waals surface area contributed by atoms with Gasteiger partial charge in [0.1, 0.15) is 4.99 Å². The Morgan fingerprint density at radius 1 is 1.37 bits per heavy atom. The van der Waals surface area contributed by atoms with E-state index in [-0.39, 0.29) is 11.9 Å². The molecule has 5 heteroatoms. The van der Waals surface area contributed by atoms with E-state index in [1.165, 1.54) is 0 Å². The van der Waals surface area contributed by atoms with Crippen molar-refractivity contribution in [2.75, 3.05) is 18.0 Å². The average molecular weight is 277 g/mol. The zero-order valence-electron chi connectivity index (χ0n) is 11.1. The van der Waals surface area contributed by atoms with Gasteiger partial charge in [0.15, 0.2) is 0 Å². The van der Waals surface area contributed by atoms with Gasteiger partial charge in [0.25, 0.3) is 0 Å². The number of hydrogen-bond donors (Lipinski definition) is 2. The molecule has 1 saturated heterocycles. The molecular weight excluding hydrogens is 258 g/mol. The second-order valence-corrected chi connectivity index (χ2v) is 5.28. The second-order valence-electron chi connectivity index (χ2n) is 4.84. The second kappa shape index (κ2) is 6.02. The molecule has 102 valence electrons. The highest BCUT2D eigenvalue weighted by Crippen LogP contribution is 2.24. The number of benzene rings is 1. The lowest BCUT2D eigenvalue weighted by atomic mass is 10.0. The summed E-state index contributed by atoms with van der Waals surface area (Å²) >= 11 is 5.09. The van der Waals surface area contributed by atoms with Gasteiger partial charge in [0.2, 0.25) is 5.91 Å². The fourth-order valence-electron chi connectivity index (χ4n) is 2.51. The van der Waals surface area contributed by atoms with Crippen molar-refractivity contribution in [1.29, 1.82) is 0 Å². The number of rotatable bonds is 3. The van der Waals surface area contributed by atoms with Crippen LogP contribution in [0.15, 0.2) is 24.3 Å². The van der Waals surface area contributed by atoms with Crippen molar-refractivity contribution >= 4 is 28.8 Å². The molecule has 0 unspecified atom stereocenters. The molecule has 2 rings (SSSR count). The molecule has 1 fully saturated rings. The van der Waals surface area contributed by atoms with Crippen LogP contribution < -0.4 is 16.0 Å². The van der Waals surface area contributed by atoms with E-state index in [0.717, 1.165) is 37.2 Å². The summed E-state index contributed by atoms with van der Waals surface area (Å²) in [6.07, 6.45) is 1.90. The van der Waals surface area contributed by atoms with E-state index in [1.807, 2.05) is 24.3 Å². The number of piperidine rings is 1. The molecule has 3 N–H and O–H groups in total. The number of amides is 1. The van der Waals surface area contributed by atoms with Crippen LogP contribution in [0.4, 0.5) is 5.69 Å². The lowest BCUT2D eigenvalue weighted by molar-refractivity contribution is -0.119. The van der Waals surface area contributed by atoms with E-state index < -0.39 is 0 Å². The molecule has 0 saturated carbocycles. The average Bonchev–Trinajstić information content (AvgIpc) is 2.39. The molecule has 1 aromatic rings. The summed E-state index contributed by atoms with van der Waals surface area (Å²) in [7, 11) is 0. The van der Waals surface area contributed by atoms with Crippen molar-refractivity contribution in [3.05, 3.63) is 29.8 Å². The first-order valence-electron chi connectivity index (χ1n) is 6.49. The van der Waals surface area contributed by atoms with Gasteiger partial charge in [0, 0.05) is 37.3 Å². The number of carbonyl (C=O) groups excluding carboxylic acids is 1. The Morgan fingerprint density at radius 2 is 2.00 bits per heavy atom. The molecule has 0 aromatic heterocycles. The van der Waals surface area contributed by atoms with Crippen LogP contribution in [0.5, 0.6) is 0 Å². The maximum atomic E-state index is 11.0. The number of nitrogens with zero attached hydrogens (tertiary/aromatic N) is 1. The number of hydrogen-bond acceptors (Lipinski definition) is 3. The fourth-order valence-corrected chi connectivity index (χ4v) is 2.68. The van der Waals surface area contributed by atoms with Crippen molar-refractivity contribution < 1.29 is 4.79 Å². The molecule has 1 heterocycles. The van der Waals surface area contributed by atoms with Crippen LogP contribution in [-0.4, -0.2) is 30.0 Å². The summed E-state index contributed by atoms with van der Waals surface area (Å²) in [5, 5.41) is 2.98. The lowest BCUT2D eigenvalue weighted by Gasteiger charge is -2.34. The molecule has 0 atom stereocenters. The molecule has 1 aromatic carbocycles. The van der Waals surface area contributed by atoms with Gasteiger partial charge in [-0.25, -0.2) is 0 Å². The maximum Gasteiger partial charge on any atom is 0.217 e. The highest BCUT2D eigenvalue weighted by Gasteiger charge is 2.21. The van der Waals surface area contributed by atoms with Crippen LogP contribution in [0, 0.1) is 0 Å². The minimum Gasteiger partial charge on any atom is -0.389 e. The van der Waals surface area contributed by atoms with Crippen LogP contribution in [-0.2, 0) is 4.79 Å². The Balaban J connectivity index is 2.05. The Bertz CT molecular complexity index is 481. The van der Waals surface area contributed by atoms with Gasteiger partial charge in [-0.15, -0.1) is 0 Å². The summed E-state index contributed by atoms with van der Waals surface area (Å²) in [4.78, 5) is 13.8. The standard InChI is InChI=1S/C14H19N3OS/c1-10(18)16-11-6-8-17(9-7-11)13-5-3-2-4-12(13)14(15)19/h2-5,11H,6-9H2,1H3,(H2,15,19)(H,16,18). The van der Waals surface area contributed by atoms with Gasteiger partial charge < -0.3 is 16.0 Å². The Kier molecular flexibility index (Phi) is 4.37. The smallest absolute Gasteiger partial charge is 0.217 e. The predicted molar refractivity (Wildman–Crippen MR) is 81.4 cm³/mol. The minimum atomic E-state index is 0.0435. The summed E-state index contributed by atoms with van der Waals surface area (Å²) in [5.74, 6) is 0.0435. The lowest BCUT2D eigenvalue weighted by Crippen LogP contribution is -2.44. The summed E-state index contributed by atoms with van der Waals surface area (Å²) in [6.45, 7) is 3.38.